The van der Waals surface area contributed by atoms with Crippen molar-refractivity contribution in [1.29, 1.82) is 0 Å². The van der Waals surface area contributed by atoms with Crippen molar-refractivity contribution in [2.75, 3.05) is 31.1 Å². The monoisotopic (exact) mass is 238 g/mol. The summed E-state index contributed by atoms with van der Waals surface area (Å²) >= 11 is 0. The fourth-order valence-corrected chi connectivity index (χ4v) is 2.24. The van der Waals surface area contributed by atoms with Crippen LogP contribution in [0.1, 0.15) is 13.3 Å². The van der Waals surface area contributed by atoms with Crippen LogP contribution < -0.4 is 4.90 Å². The Balaban J connectivity index is 1.99. The predicted molar refractivity (Wildman–Crippen MR) is 66.5 cm³/mol. The first-order chi connectivity index (χ1) is 8.20. The highest BCUT2D eigenvalue weighted by molar-refractivity contribution is 5.46. The van der Waals surface area contributed by atoms with Gasteiger partial charge in [0, 0.05) is 25.3 Å². The molecule has 0 amide bonds. The zero-order valence-electron chi connectivity index (χ0n) is 10.1. The van der Waals surface area contributed by atoms with Gasteiger partial charge in [-0.3, -0.25) is 4.90 Å². The first-order valence-corrected chi connectivity index (χ1v) is 6.13. The van der Waals surface area contributed by atoms with E-state index in [9.17, 15) is 9.50 Å². The second-order valence-electron chi connectivity index (χ2n) is 4.44. The van der Waals surface area contributed by atoms with E-state index in [1.54, 1.807) is 12.1 Å². The van der Waals surface area contributed by atoms with Crippen LogP contribution in [0.25, 0.3) is 0 Å². The molecular formula is C13H19FN2O. The van der Waals surface area contributed by atoms with E-state index in [1.165, 1.54) is 12.1 Å². The van der Waals surface area contributed by atoms with Crippen molar-refractivity contribution in [1.82, 2.24) is 4.90 Å². The fraction of sp³-hybridized carbons (Fsp3) is 0.538. The highest BCUT2D eigenvalue weighted by Crippen LogP contribution is 2.18. The van der Waals surface area contributed by atoms with Gasteiger partial charge in [0.25, 0.3) is 0 Å². The molecule has 1 aliphatic heterocycles. The molecule has 2 rings (SSSR count). The molecule has 1 N–H and O–H groups in total. The molecular weight excluding hydrogens is 219 g/mol. The van der Waals surface area contributed by atoms with E-state index in [4.69, 9.17) is 0 Å². The van der Waals surface area contributed by atoms with Gasteiger partial charge in [0.05, 0.1) is 6.54 Å². The minimum absolute atomic E-state index is 0.223. The Morgan fingerprint density at radius 1 is 1.29 bits per heavy atom. The van der Waals surface area contributed by atoms with Gasteiger partial charge < -0.3 is 10.0 Å². The molecule has 1 atom stereocenters. The van der Waals surface area contributed by atoms with Gasteiger partial charge in [-0.1, -0.05) is 6.92 Å². The minimum atomic E-state index is -0.422. The van der Waals surface area contributed by atoms with E-state index < -0.39 is 6.23 Å². The third-order valence-electron chi connectivity index (χ3n) is 3.16. The average Bonchev–Trinajstić information content (AvgIpc) is 2.33. The number of piperazine rings is 1. The first-order valence-electron chi connectivity index (χ1n) is 6.13. The molecule has 94 valence electrons. The molecule has 1 unspecified atom stereocenters. The number of anilines is 1. The van der Waals surface area contributed by atoms with Crippen molar-refractivity contribution >= 4 is 5.69 Å². The first kappa shape index (κ1) is 12.3. The number of benzene rings is 1. The number of hydrogen-bond acceptors (Lipinski definition) is 3. The summed E-state index contributed by atoms with van der Waals surface area (Å²) in [7, 11) is 0. The molecule has 0 radical (unpaired) electrons. The minimum Gasteiger partial charge on any atom is -0.376 e. The molecule has 1 fully saturated rings. The Bertz CT molecular complexity index is 355. The van der Waals surface area contributed by atoms with Crippen LogP contribution in [0.4, 0.5) is 10.1 Å². The summed E-state index contributed by atoms with van der Waals surface area (Å²) in [6.07, 6.45) is 0.627. The molecule has 1 saturated heterocycles. The van der Waals surface area contributed by atoms with Gasteiger partial charge in [0.2, 0.25) is 0 Å². The number of nitrogens with zero attached hydrogens (tertiary/aromatic N) is 2. The molecule has 17 heavy (non-hydrogen) atoms. The van der Waals surface area contributed by atoms with Crippen molar-refractivity contribution in [2.24, 2.45) is 0 Å². The van der Waals surface area contributed by atoms with E-state index in [-0.39, 0.29) is 5.82 Å². The van der Waals surface area contributed by atoms with Crippen LogP contribution in [-0.4, -0.2) is 42.4 Å². The number of rotatable bonds is 3. The van der Waals surface area contributed by atoms with Crippen LogP contribution in [0.2, 0.25) is 0 Å². The van der Waals surface area contributed by atoms with Crippen molar-refractivity contribution in [2.45, 2.75) is 19.6 Å². The fourth-order valence-electron chi connectivity index (χ4n) is 2.24. The highest BCUT2D eigenvalue weighted by Gasteiger charge is 2.24. The Morgan fingerprint density at radius 2 is 2.00 bits per heavy atom. The van der Waals surface area contributed by atoms with E-state index in [2.05, 4.69) is 16.7 Å². The molecule has 0 saturated carbocycles. The molecule has 0 spiro atoms. The van der Waals surface area contributed by atoms with E-state index in [0.717, 1.165) is 31.7 Å². The maximum Gasteiger partial charge on any atom is 0.125 e. The molecule has 0 aromatic heterocycles. The zero-order chi connectivity index (χ0) is 12.3. The normalized spacial score (nSPS) is 21.8. The number of aliphatic hydroxyl groups is 1. The van der Waals surface area contributed by atoms with Crippen molar-refractivity contribution in [3.63, 3.8) is 0 Å². The SMILES string of the molecule is CCCN1CCN(c2ccc(F)cc2)CC1O. The smallest absolute Gasteiger partial charge is 0.125 e. The van der Waals surface area contributed by atoms with E-state index >= 15 is 0 Å². The molecule has 1 aromatic rings. The second kappa shape index (κ2) is 5.47. The number of halogens is 1. The van der Waals surface area contributed by atoms with Crippen molar-refractivity contribution < 1.29 is 9.50 Å². The Labute approximate surface area is 101 Å². The third-order valence-corrected chi connectivity index (χ3v) is 3.16. The van der Waals surface area contributed by atoms with Gasteiger partial charge in [0.15, 0.2) is 0 Å². The van der Waals surface area contributed by atoms with Gasteiger partial charge in [-0.2, -0.15) is 0 Å². The van der Waals surface area contributed by atoms with Gasteiger partial charge in [0.1, 0.15) is 12.0 Å². The summed E-state index contributed by atoms with van der Waals surface area (Å²) in [5.74, 6) is -0.223. The van der Waals surface area contributed by atoms with Gasteiger partial charge in [-0.25, -0.2) is 4.39 Å². The lowest BCUT2D eigenvalue weighted by atomic mass is 10.2. The Hall–Kier alpha value is -1.13. The van der Waals surface area contributed by atoms with Gasteiger partial charge in [-0.05, 0) is 30.7 Å². The maximum atomic E-state index is 12.8. The van der Waals surface area contributed by atoms with Crippen LogP contribution in [0, 0.1) is 5.82 Å². The standard InChI is InChI=1S/C13H19FN2O/c1-2-7-15-8-9-16(10-13(15)17)12-5-3-11(14)4-6-12/h3-6,13,17H,2,7-10H2,1H3. The summed E-state index contributed by atoms with van der Waals surface area (Å²) in [5.41, 5.74) is 0.974. The molecule has 1 aliphatic rings. The van der Waals surface area contributed by atoms with Crippen LogP contribution in [0.15, 0.2) is 24.3 Å². The summed E-state index contributed by atoms with van der Waals surface area (Å²) in [4.78, 5) is 4.18. The molecule has 1 aromatic carbocycles. The maximum absolute atomic E-state index is 12.8. The van der Waals surface area contributed by atoms with Crippen molar-refractivity contribution in [3.8, 4) is 0 Å². The number of hydrogen-bond donors (Lipinski definition) is 1. The van der Waals surface area contributed by atoms with Crippen LogP contribution in [0.3, 0.4) is 0 Å². The van der Waals surface area contributed by atoms with Crippen LogP contribution in [-0.2, 0) is 0 Å². The second-order valence-corrected chi connectivity index (χ2v) is 4.44. The van der Waals surface area contributed by atoms with Crippen LogP contribution >= 0.6 is 0 Å². The summed E-state index contributed by atoms with van der Waals surface area (Å²) in [6, 6.07) is 6.44. The summed E-state index contributed by atoms with van der Waals surface area (Å²) in [5, 5.41) is 10.00. The average molecular weight is 238 g/mol. The molecule has 1 heterocycles. The lowest BCUT2D eigenvalue weighted by Gasteiger charge is -2.39. The highest BCUT2D eigenvalue weighted by atomic mass is 19.1. The lowest BCUT2D eigenvalue weighted by molar-refractivity contribution is -0.00320. The van der Waals surface area contributed by atoms with Crippen molar-refractivity contribution in [3.05, 3.63) is 30.1 Å². The molecule has 4 heteroatoms. The topological polar surface area (TPSA) is 26.7 Å². The quantitative estimate of drug-likeness (QED) is 0.868. The lowest BCUT2D eigenvalue weighted by Crippen LogP contribution is -2.53. The summed E-state index contributed by atoms with van der Waals surface area (Å²) < 4.78 is 12.8. The number of β-amino-alcohol motifs (C(OH)–C–C–N with tert-alkyl or cyclic N) is 1. The molecule has 0 bridgehead atoms. The largest absolute Gasteiger partial charge is 0.376 e. The third kappa shape index (κ3) is 2.96. The van der Waals surface area contributed by atoms with E-state index in [1.807, 2.05) is 0 Å². The van der Waals surface area contributed by atoms with E-state index in [0.29, 0.717) is 6.54 Å². The Kier molecular flexibility index (Phi) is 3.97. The molecule has 3 nitrogen and oxygen atoms in total. The van der Waals surface area contributed by atoms with Gasteiger partial charge in [-0.15, -0.1) is 0 Å². The van der Waals surface area contributed by atoms with Gasteiger partial charge >= 0.3 is 0 Å². The van der Waals surface area contributed by atoms with Crippen LogP contribution in [0.5, 0.6) is 0 Å². The molecule has 0 aliphatic carbocycles. The number of aliphatic hydroxyl groups excluding tert-OH is 1. The summed E-state index contributed by atoms with van der Waals surface area (Å²) in [6.45, 7) is 5.36. The zero-order valence-corrected chi connectivity index (χ0v) is 10.1. The predicted octanol–water partition coefficient (Wildman–Crippen LogP) is 1.68. The Morgan fingerprint density at radius 3 is 2.59 bits per heavy atom.